The quantitative estimate of drug-likeness (QED) is 0.662. The van der Waals surface area contributed by atoms with Crippen LogP contribution in [0.2, 0.25) is 0 Å². The van der Waals surface area contributed by atoms with Crippen molar-refractivity contribution in [3.8, 4) is 5.75 Å². The molecule has 2 aromatic rings. The lowest BCUT2D eigenvalue weighted by atomic mass is 9.96. The van der Waals surface area contributed by atoms with Crippen molar-refractivity contribution in [3.63, 3.8) is 0 Å². The number of hydrogen-bond donors (Lipinski definition) is 2. The molecule has 1 amide bonds. The first-order chi connectivity index (χ1) is 12.4. The fourth-order valence-corrected chi connectivity index (χ4v) is 2.83. The third-order valence-electron chi connectivity index (χ3n) is 4.01. The van der Waals surface area contributed by atoms with Crippen LogP contribution in [0.25, 0.3) is 0 Å². The van der Waals surface area contributed by atoms with Gasteiger partial charge in [-0.1, -0.05) is 12.1 Å². The molecule has 1 aromatic heterocycles. The molecule has 2 N–H and O–H groups in total. The number of nitrogens with one attached hydrogen (secondary N) is 1. The van der Waals surface area contributed by atoms with Crippen LogP contribution in [-0.4, -0.2) is 28.7 Å². The highest BCUT2D eigenvalue weighted by atomic mass is 16.5. The maximum Gasteiger partial charge on any atom is 0.303 e. The second-order valence-electron chi connectivity index (χ2n) is 6.26. The van der Waals surface area contributed by atoms with E-state index in [1.54, 1.807) is 24.3 Å². The van der Waals surface area contributed by atoms with Gasteiger partial charge in [0, 0.05) is 24.1 Å². The molecule has 1 atom stereocenters. The van der Waals surface area contributed by atoms with E-state index in [4.69, 9.17) is 14.4 Å². The molecule has 0 spiro atoms. The first kappa shape index (κ1) is 19.5. The van der Waals surface area contributed by atoms with Crippen molar-refractivity contribution in [2.75, 3.05) is 11.9 Å². The summed E-state index contributed by atoms with van der Waals surface area (Å²) < 4.78 is 10.6. The van der Waals surface area contributed by atoms with Crippen molar-refractivity contribution < 1.29 is 24.0 Å². The first-order valence-electron chi connectivity index (χ1n) is 8.54. The van der Waals surface area contributed by atoms with Crippen LogP contribution in [-0.2, 0) is 9.59 Å². The summed E-state index contributed by atoms with van der Waals surface area (Å²) in [6, 6.07) is 7.00. The van der Waals surface area contributed by atoms with E-state index in [1.165, 1.54) is 0 Å². The van der Waals surface area contributed by atoms with Crippen molar-refractivity contribution in [3.05, 3.63) is 41.3 Å². The van der Waals surface area contributed by atoms with Gasteiger partial charge in [-0.05, 0) is 50.5 Å². The van der Waals surface area contributed by atoms with E-state index in [9.17, 15) is 9.59 Å². The second kappa shape index (κ2) is 9.03. The third kappa shape index (κ3) is 5.61. The SMILES string of the molecule is Cc1noc(C)c1C(C)CC(=O)Nc1ccc(OCCCC(=O)O)cc1. The molecule has 0 aliphatic carbocycles. The minimum atomic E-state index is -0.836. The number of hydrogen-bond acceptors (Lipinski definition) is 5. The Bertz CT molecular complexity index is 732. The molecule has 1 heterocycles. The summed E-state index contributed by atoms with van der Waals surface area (Å²) in [5, 5.41) is 15.4. The zero-order valence-corrected chi connectivity index (χ0v) is 15.2. The van der Waals surface area contributed by atoms with Crippen LogP contribution in [0, 0.1) is 13.8 Å². The molecular formula is C19H24N2O5. The highest BCUT2D eigenvalue weighted by Crippen LogP contribution is 2.26. The van der Waals surface area contributed by atoms with Crippen LogP contribution >= 0.6 is 0 Å². The van der Waals surface area contributed by atoms with E-state index >= 15 is 0 Å². The van der Waals surface area contributed by atoms with Crippen LogP contribution < -0.4 is 10.1 Å². The molecule has 1 aromatic carbocycles. The molecule has 0 saturated carbocycles. The number of aliphatic carboxylic acids is 1. The molecule has 0 bridgehead atoms. The summed E-state index contributed by atoms with van der Waals surface area (Å²) in [6.45, 7) is 6.03. The fraction of sp³-hybridized carbons (Fsp3) is 0.421. The molecule has 2 rings (SSSR count). The van der Waals surface area contributed by atoms with Gasteiger partial charge in [-0.2, -0.15) is 0 Å². The molecule has 0 fully saturated rings. The van der Waals surface area contributed by atoms with Gasteiger partial charge in [0.25, 0.3) is 0 Å². The Morgan fingerprint density at radius 3 is 2.54 bits per heavy atom. The first-order valence-corrected chi connectivity index (χ1v) is 8.54. The number of carboxylic acids is 1. The van der Waals surface area contributed by atoms with Gasteiger partial charge >= 0.3 is 5.97 Å². The van der Waals surface area contributed by atoms with Crippen LogP contribution in [0.3, 0.4) is 0 Å². The number of nitrogens with zero attached hydrogens (tertiary/aromatic N) is 1. The largest absolute Gasteiger partial charge is 0.494 e. The summed E-state index contributed by atoms with van der Waals surface area (Å²) in [5.74, 6) is 0.466. The molecule has 0 aliphatic heterocycles. The average Bonchev–Trinajstić information content (AvgIpc) is 2.91. The lowest BCUT2D eigenvalue weighted by Gasteiger charge is -2.12. The van der Waals surface area contributed by atoms with Gasteiger partial charge in [-0.25, -0.2) is 0 Å². The zero-order chi connectivity index (χ0) is 19.1. The fourth-order valence-electron chi connectivity index (χ4n) is 2.83. The van der Waals surface area contributed by atoms with Crippen molar-refractivity contribution >= 4 is 17.6 Å². The Labute approximate surface area is 152 Å². The molecule has 7 nitrogen and oxygen atoms in total. The van der Waals surface area contributed by atoms with E-state index in [2.05, 4.69) is 10.5 Å². The third-order valence-corrected chi connectivity index (χ3v) is 4.01. The number of aromatic nitrogens is 1. The average molecular weight is 360 g/mol. The molecule has 0 saturated heterocycles. The molecule has 0 radical (unpaired) electrons. The van der Waals surface area contributed by atoms with Crippen LogP contribution in [0.15, 0.2) is 28.8 Å². The Morgan fingerprint density at radius 1 is 1.27 bits per heavy atom. The molecule has 0 aliphatic rings. The summed E-state index contributed by atoms with van der Waals surface area (Å²) in [7, 11) is 0. The van der Waals surface area contributed by atoms with Gasteiger partial charge < -0.3 is 19.7 Å². The van der Waals surface area contributed by atoms with Crippen molar-refractivity contribution in [1.29, 1.82) is 0 Å². The summed E-state index contributed by atoms with van der Waals surface area (Å²) in [6.07, 6.45) is 0.862. The molecule has 1 unspecified atom stereocenters. The van der Waals surface area contributed by atoms with Crippen molar-refractivity contribution in [1.82, 2.24) is 5.16 Å². The normalized spacial score (nSPS) is 11.8. The van der Waals surface area contributed by atoms with Gasteiger partial charge in [-0.3, -0.25) is 9.59 Å². The highest BCUT2D eigenvalue weighted by Gasteiger charge is 2.19. The summed E-state index contributed by atoms with van der Waals surface area (Å²) >= 11 is 0. The van der Waals surface area contributed by atoms with E-state index in [1.807, 2.05) is 20.8 Å². The van der Waals surface area contributed by atoms with Gasteiger partial charge in [-0.15, -0.1) is 0 Å². The number of aryl methyl sites for hydroxylation is 2. The Kier molecular flexibility index (Phi) is 6.77. The van der Waals surface area contributed by atoms with Crippen LogP contribution in [0.5, 0.6) is 5.75 Å². The van der Waals surface area contributed by atoms with E-state index < -0.39 is 5.97 Å². The Hall–Kier alpha value is -2.83. The van der Waals surface area contributed by atoms with Gasteiger partial charge in [0.2, 0.25) is 5.91 Å². The number of anilines is 1. The smallest absolute Gasteiger partial charge is 0.303 e. The highest BCUT2D eigenvalue weighted by molar-refractivity contribution is 5.91. The number of rotatable bonds is 9. The van der Waals surface area contributed by atoms with Gasteiger partial charge in [0.1, 0.15) is 11.5 Å². The Morgan fingerprint density at radius 2 is 1.96 bits per heavy atom. The number of amides is 1. The lowest BCUT2D eigenvalue weighted by Crippen LogP contribution is -2.15. The molecular weight excluding hydrogens is 336 g/mol. The van der Waals surface area contributed by atoms with Gasteiger partial charge in [0.05, 0.1) is 12.3 Å². The predicted molar refractivity (Wildman–Crippen MR) is 96.4 cm³/mol. The van der Waals surface area contributed by atoms with Crippen molar-refractivity contribution in [2.45, 2.75) is 46.0 Å². The van der Waals surface area contributed by atoms with Crippen LogP contribution in [0.1, 0.15) is 49.1 Å². The van der Waals surface area contributed by atoms with E-state index in [0.717, 1.165) is 17.0 Å². The molecule has 26 heavy (non-hydrogen) atoms. The maximum absolute atomic E-state index is 12.3. The molecule has 140 valence electrons. The Balaban J connectivity index is 1.82. The minimum absolute atomic E-state index is 0.0121. The topological polar surface area (TPSA) is 102 Å². The maximum atomic E-state index is 12.3. The van der Waals surface area contributed by atoms with E-state index in [0.29, 0.717) is 30.9 Å². The van der Waals surface area contributed by atoms with Gasteiger partial charge in [0.15, 0.2) is 0 Å². The monoisotopic (exact) mass is 360 g/mol. The minimum Gasteiger partial charge on any atom is -0.494 e. The summed E-state index contributed by atoms with van der Waals surface area (Å²) in [5.41, 5.74) is 2.47. The number of carboxylic acid groups (broad SMARTS) is 1. The van der Waals surface area contributed by atoms with Crippen molar-refractivity contribution in [2.24, 2.45) is 0 Å². The standard InChI is InChI=1S/C19H24N2O5/c1-12(19-13(2)21-26-14(19)3)11-17(22)20-15-6-8-16(9-7-15)25-10-4-5-18(23)24/h6-9,12H,4-5,10-11H2,1-3H3,(H,20,22)(H,23,24). The van der Waals surface area contributed by atoms with Crippen LogP contribution in [0.4, 0.5) is 5.69 Å². The summed E-state index contributed by atoms with van der Waals surface area (Å²) in [4.78, 5) is 22.7. The number of carbonyl (C=O) groups is 2. The second-order valence-corrected chi connectivity index (χ2v) is 6.26. The van der Waals surface area contributed by atoms with E-state index in [-0.39, 0.29) is 18.2 Å². The number of benzene rings is 1. The lowest BCUT2D eigenvalue weighted by molar-refractivity contribution is -0.137. The molecule has 7 heteroatoms. The predicted octanol–water partition coefficient (Wildman–Crippen LogP) is 3.67. The zero-order valence-electron chi connectivity index (χ0n) is 15.2. The number of carbonyl (C=O) groups excluding carboxylic acids is 1. The number of ether oxygens (including phenoxy) is 1.